The largest absolute Gasteiger partial charge is 0.494 e. The average Bonchev–Trinajstić information content (AvgIpc) is 3.24. The van der Waals surface area contributed by atoms with E-state index in [1.165, 1.54) is 24.1 Å². The molecular formula is C28H34FN3O4. The minimum Gasteiger partial charge on any atom is -0.494 e. The van der Waals surface area contributed by atoms with E-state index in [1.54, 1.807) is 6.07 Å². The molecule has 3 atom stereocenters. The van der Waals surface area contributed by atoms with E-state index < -0.39 is 29.8 Å². The van der Waals surface area contributed by atoms with Crippen LogP contribution in [0.5, 0.6) is 5.75 Å². The van der Waals surface area contributed by atoms with Crippen molar-refractivity contribution in [3.05, 3.63) is 65.0 Å². The van der Waals surface area contributed by atoms with Crippen molar-refractivity contribution >= 4 is 17.7 Å². The van der Waals surface area contributed by atoms with Crippen LogP contribution in [0.15, 0.2) is 42.5 Å². The summed E-state index contributed by atoms with van der Waals surface area (Å²) in [7, 11) is 1.36. The highest BCUT2D eigenvalue weighted by molar-refractivity contribution is 6.00. The second kappa shape index (κ2) is 10.3. The molecule has 1 saturated heterocycles. The minimum atomic E-state index is -1.18. The van der Waals surface area contributed by atoms with Gasteiger partial charge in [-0.05, 0) is 67.3 Å². The Bertz CT molecular complexity index is 1140. The van der Waals surface area contributed by atoms with Crippen LogP contribution in [0.4, 0.5) is 4.39 Å². The molecule has 0 bridgehead atoms. The van der Waals surface area contributed by atoms with Gasteiger partial charge in [0.15, 0.2) is 11.6 Å². The van der Waals surface area contributed by atoms with Gasteiger partial charge in [-0.2, -0.15) is 0 Å². The summed E-state index contributed by atoms with van der Waals surface area (Å²) in [5.41, 5.74) is 2.61. The highest BCUT2D eigenvalue weighted by atomic mass is 19.1. The lowest BCUT2D eigenvalue weighted by Crippen LogP contribution is -2.68. The van der Waals surface area contributed by atoms with Crippen LogP contribution < -0.4 is 15.4 Å². The zero-order valence-electron chi connectivity index (χ0n) is 21.4. The molecule has 3 amide bonds. The van der Waals surface area contributed by atoms with Gasteiger partial charge in [0.25, 0.3) is 0 Å². The molecule has 0 radical (unpaired) electrons. The fraction of sp³-hybridized carbons (Fsp3) is 0.464. The first-order valence-electron chi connectivity index (χ1n) is 12.5. The van der Waals surface area contributed by atoms with E-state index in [2.05, 4.69) is 10.6 Å². The summed E-state index contributed by atoms with van der Waals surface area (Å²) < 4.78 is 19.8. The zero-order valence-corrected chi connectivity index (χ0v) is 21.4. The monoisotopic (exact) mass is 495 g/mol. The first-order valence-corrected chi connectivity index (χ1v) is 12.5. The SMILES string of the molecule is COc1ccc(C(C(=O)NC(C)C)N2C(=O)[C@@H](C3Cc4ccccc4C3)NC(=O)C2C(C)C)cc1F. The average molecular weight is 496 g/mol. The normalized spacial score (nSPS) is 20.9. The van der Waals surface area contributed by atoms with Crippen LogP contribution in [0.2, 0.25) is 0 Å². The number of piperazine rings is 1. The van der Waals surface area contributed by atoms with Crippen molar-refractivity contribution in [2.24, 2.45) is 11.8 Å². The third kappa shape index (κ3) is 4.81. The Balaban J connectivity index is 1.77. The number of nitrogens with zero attached hydrogens (tertiary/aromatic N) is 1. The van der Waals surface area contributed by atoms with E-state index in [4.69, 9.17) is 4.74 Å². The quantitative estimate of drug-likeness (QED) is 0.618. The van der Waals surface area contributed by atoms with E-state index in [1.807, 2.05) is 52.0 Å². The van der Waals surface area contributed by atoms with Gasteiger partial charge in [-0.15, -0.1) is 0 Å². The number of benzene rings is 2. The molecule has 8 heteroatoms. The number of halogens is 1. The summed E-state index contributed by atoms with van der Waals surface area (Å²) in [5.74, 6) is -2.10. The molecule has 7 nitrogen and oxygen atoms in total. The van der Waals surface area contributed by atoms with Crippen LogP contribution in [0.3, 0.4) is 0 Å². The Morgan fingerprint density at radius 1 is 1.08 bits per heavy atom. The molecular weight excluding hydrogens is 461 g/mol. The van der Waals surface area contributed by atoms with Gasteiger partial charge in [-0.25, -0.2) is 4.39 Å². The van der Waals surface area contributed by atoms with Crippen molar-refractivity contribution in [1.82, 2.24) is 15.5 Å². The second-order valence-corrected chi connectivity index (χ2v) is 10.3. The van der Waals surface area contributed by atoms with Crippen LogP contribution >= 0.6 is 0 Å². The summed E-state index contributed by atoms with van der Waals surface area (Å²) in [5, 5.41) is 5.83. The maximum absolute atomic E-state index is 14.8. The van der Waals surface area contributed by atoms with Gasteiger partial charge in [-0.1, -0.05) is 44.2 Å². The molecule has 2 N–H and O–H groups in total. The predicted octanol–water partition coefficient (Wildman–Crippen LogP) is 3.17. The molecule has 0 aromatic heterocycles. The number of hydrogen-bond acceptors (Lipinski definition) is 4. The molecule has 2 aromatic carbocycles. The number of ether oxygens (including phenoxy) is 1. The number of nitrogens with one attached hydrogen (secondary N) is 2. The Morgan fingerprint density at radius 3 is 2.25 bits per heavy atom. The molecule has 2 unspecified atom stereocenters. The second-order valence-electron chi connectivity index (χ2n) is 10.3. The van der Waals surface area contributed by atoms with Crippen LogP contribution in [-0.4, -0.2) is 47.9 Å². The number of amides is 3. The van der Waals surface area contributed by atoms with Crippen molar-refractivity contribution in [2.45, 2.75) is 64.7 Å². The Labute approximate surface area is 211 Å². The summed E-state index contributed by atoms with van der Waals surface area (Å²) in [4.78, 5) is 42.5. The number of hydrogen-bond donors (Lipinski definition) is 2. The van der Waals surface area contributed by atoms with Gasteiger partial charge >= 0.3 is 0 Å². The molecule has 4 rings (SSSR count). The molecule has 0 saturated carbocycles. The van der Waals surface area contributed by atoms with Crippen molar-refractivity contribution in [1.29, 1.82) is 0 Å². The molecule has 1 heterocycles. The third-order valence-corrected chi connectivity index (χ3v) is 7.02. The summed E-state index contributed by atoms with van der Waals surface area (Å²) >= 11 is 0. The van der Waals surface area contributed by atoms with Gasteiger partial charge in [0, 0.05) is 6.04 Å². The van der Waals surface area contributed by atoms with Crippen molar-refractivity contribution < 1.29 is 23.5 Å². The zero-order chi connectivity index (χ0) is 26.1. The third-order valence-electron chi connectivity index (χ3n) is 7.02. The number of methoxy groups -OCH3 is 1. The number of fused-ring (bicyclic) bond motifs is 1. The van der Waals surface area contributed by atoms with Gasteiger partial charge < -0.3 is 20.3 Å². The Hall–Kier alpha value is -3.42. The van der Waals surface area contributed by atoms with Crippen molar-refractivity contribution in [3.8, 4) is 5.75 Å². The molecule has 1 aliphatic heterocycles. The summed E-state index contributed by atoms with van der Waals surface area (Å²) in [6.07, 6.45) is 1.32. The Morgan fingerprint density at radius 2 is 1.72 bits per heavy atom. The van der Waals surface area contributed by atoms with Crippen LogP contribution in [0, 0.1) is 17.7 Å². The number of carbonyl (C=O) groups is 3. The van der Waals surface area contributed by atoms with E-state index >= 15 is 0 Å². The molecule has 36 heavy (non-hydrogen) atoms. The van der Waals surface area contributed by atoms with Gasteiger partial charge in [0.2, 0.25) is 17.7 Å². The molecule has 2 aromatic rings. The first kappa shape index (κ1) is 25.7. The van der Waals surface area contributed by atoms with E-state index in [9.17, 15) is 18.8 Å². The molecule has 2 aliphatic rings. The topological polar surface area (TPSA) is 87.7 Å². The lowest BCUT2D eigenvalue weighted by Gasteiger charge is -2.45. The molecule has 192 valence electrons. The van der Waals surface area contributed by atoms with Crippen molar-refractivity contribution in [3.63, 3.8) is 0 Å². The van der Waals surface area contributed by atoms with E-state index in [-0.39, 0.29) is 41.0 Å². The lowest BCUT2D eigenvalue weighted by molar-refractivity contribution is -0.159. The van der Waals surface area contributed by atoms with Crippen molar-refractivity contribution in [2.75, 3.05) is 7.11 Å². The van der Waals surface area contributed by atoms with E-state index in [0.29, 0.717) is 12.8 Å². The highest BCUT2D eigenvalue weighted by Crippen LogP contribution is 2.36. The lowest BCUT2D eigenvalue weighted by atomic mass is 9.87. The predicted molar refractivity (Wildman–Crippen MR) is 134 cm³/mol. The summed E-state index contributed by atoms with van der Waals surface area (Å²) in [6.45, 7) is 7.30. The maximum Gasteiger partial charge on any atom is 0.247 e. The number of rotatable bonds is 7. The first-order chi connectivity index (χ1) is 17.1. The maximum atomic E-state index is 14.8. The van der Waals surface area contributed by atoms with E-state index in [0.717, 1.165) is 11.1 Å². The Kier molecular flexibility index (Phi) is 7.33. The smallest absolute Gasteiger partial charge is 0.247 e. The van der Waals surface area contributed by atoms with Crippen LogP contribution in [-0.2, 0) is 27.2 Å². The van der Waals surface area contributed by atoms with Gasteiger partial charge in [-0.3, -0.25) is 14.4 Å². The number of carbonyl (C=O) groups excluding carboxylic acids is 3. The fourth-order valence-electron chi connectivity index (χ4n) is 5.44. The van der Waals surface area contributed by atoms with Gasteiger partial charge in [0.1, 0.15) is 18.1 Å². The summed E-state index contributed by atoms with van der Waals surface area (Å²) in [6, 6.07) is 9.18. The minimum absolute atomic E-state index is 0.0338. The molecule has 1 fully saturated rings. The standard InChI is InChI=1S/C28H34FN3O4/c1-15(2)24-26(33)31-23(20-12-17-8-6-7-9-18(17)13-20)28(35)32(24)25(27(34)30-16(3)4)19-10-11-22(36-5)21(29)14-19/h6-11,14-16,20,23-25H,12-13H2,1-5H3,(H,30,34)(H,31,33)/t23-,24?,25?/m1/s1. The fourth-order valence-corrected chi connectivity index (χ4v) is 5.44. The molecule has 0 spiro atoms. The van der Waals surface area contributed by atoms with Gasteiger partial charge in [0.05, 0.1) is 7.11 Å². The molecule has 1 aliphatic carbocycles. The highest BCUT2D eigenvalue weighted by Gasteiger charge is 2.50. The van der Waals surface area contributed by atoms with Crippen LogP contribution in [0.25, 0.3) is 0 Å². The van der Waals surface area contributed by atoms with Crippen LogP contribution in [0.1, 0.15) is 50.4 Å².